The minimum absolute atomic E-state index is 0.203. The number of rotatable bonds is 2. The molecule has 5 saturated carbocycles. The van der Waals surface area contributed by atoms with E-state index < -0.39 is 11.4 Å². The van der Waals surface area contributed by atoms with Crippen LogP contribution in [0, 0.1) is 62.6 Å². The molecular formula is C30H48O3. The van der Waals surface area contributed by atoms with Gasteiger partial charge in [0.1, 0.15) is 5.78 Å². The van der Waals surface area contributed by atoms with Crippen LogP contribution in [0.15, 0.2) is 0 Å². The van der Waals surface area contributed by atoms with Gasteiger partial charge < -0.3 is 5.11 Å². The normalized spacial score (nSPS) is 53.1. The fraction of sp³-hybridized carbons (Fsp3) is 0.933. The first-order valence-corrected chi connectivity index (χ1v) is 14.0. The molecule has 0 aromatic rings. The number of Topliss-reactive ketones (excluding diaryl/α,β-unsaturated/α-hetero) is 1. The molecule has 0 bridgehead atoms. The van der Waals surface area contributed by atoms with Crippen molar-refractivity contribution in [3.8, 4) is 0 Å². The highest BCUT2D eigenvalue weighted by molar-refractivity contribution is 5.85. The highest BCUT2D eigenvalue weighted by Crippen LogP contribution is 2.77. The Morgan fingerprint density at radius 3 is 2.18 bits per heavy atom. The van der Waals surface area contributed by atoms with Crippen LogP contribution in [0.2, 0.25) is 0 Å². The average Bonchev–Trinajstić information content (AvgIpc) is 3.13. The standard InChI is InChI=1S/C30H48O3/c1-18(2)19-10-15-30(25(32)33)17-16-28(6)20(24(19)30)8-9-22-27(5)13-12-23(31)26(3,4)21(27)11-14-29(22,28)7/h18-22,24H,8-17H2,1-7H3,(H,32,33)/t19-,20?,21?,22?,24?,27-,28+,29+,30-/m0/s1. The summed E-state index contributed by atoms with van der Waals surface area (Å²) < 4.78 is 0. The first kappa shape index (κ1) is 23.9. The van der Waals surface area contributed by atoms with Crippen LogP contribution in [0.1, 0.15) is 113 Å². The number of fused-ring (bicyclic) bond motifs is 7. The number of carboxylic acid groups (broad SMARTS) is 1. The summed E-state index contributed by atoms with van der Waals surface area (Å²) in [6.45, 7) is 16.8. The highest BCUT2D eigenvalue weighted by Gasteiger charge is 2.72. The molecule has 5 aliphatic carbocycles. The number of aliphatic carboxylic acids is 1. The molecule has 3 heteroatoms. The minimum atomic E-state index is -0.506. The largest absolute Gasteiger partial charge is 0.481 e. The summed E-state index contributed by atoms with van der Waals surface area (Å²) in [4.78, 5) is 25.7. The van der Waals surface area contributed by atoms with Crippen LogP contribution >= 0.6 is 0 Å². The third kappa shape index (κ3) is 2.75. The van der Waals surface area contributed by atoms with Crippen LogP contribution in [0.5, 0.6) is 0 Å². The van der Waals surface area contributed by atoms with Crippen molar-refractivity contribution in [2.75, 3.05) is 0 Å². The Bertz CT molecular complexity index is 859. The van der Waals surface area contributed by atoms with E-state index in [1.54, 1.807) is 0 Å². The predicted octanol–water partition coefficient (Wildman–Crippen LogP) is 7.38. The molecule has 0 spiro atoms. The Balaban J connectivity index is 1.56. The molecule has 33 heavy (non-hydrogen) atoms. The fourth-order valence-electron chi connectivity index (χ4n) is 11.6. The van der Waals surface area contributed by atoms with Crippen molar-refractivity contribution >= 4 is 11.8 Å². The van der Waals surface area contributed by atoms with E-state index in [2.05, 4.69) is 48.5 Å². The number of ketones is 1. The van der Waals surface area contributed by atoms with Crippen molar-refractivity contribution in [3.05, 3.63) is 0 Å². The van der Waals surface area contributed by atoms with Crippen molar-refractivity contribution in [2.24, 2.45) is 62.6 Å². The first-order chi connectivity index (χ1) is 15.3. The minimum Gasteiger partial charge on any atom is -0.481 e. The summed E-state index contributed by atoms with van der Waals surface area (Å²) in [5.74, 6) is 3.07. The van der Waals surface area contributed by atoms with E-state index in [9.17, 15) is 14.7 Å². The molecule has 0 aliphatic heterocycles. The maximum Gasteiger partial charge on any atom is 0.309 e. The summed E-state index contributed by atoms with van der Waals surface area (Å²) in [6, 6.07) is 0. The van der Waals surface area contributed by atoms with E-state index in [0.717, 1.165) is 44.9 Å². The maximum absolute atomic E-state index is 12.9. The zero-order valence-corrected chi connectivity index (χ0v) is 22.3. The second-order valence-electron chi connectivity index (χ2n) is 14.7. The second-order valence-corrected chi connectivity index (χ2v) is 14.7. The molecule has 0 aromatic carbocycles. The molecule has 5 fully saturated rings. The van der Waals surface area contributed by atoms with E-state index >= 15 is 0 Å². The van der Waals surface area contributed by atoms with Crippen molar-refractivity contribution < 1.29 is 14.7 Å². The molecule has 5 aliphatic rings. The fourth-order valence-corrected chi connectivity index (χ4v) is 11.6. The van der Waals surface area contributed by atoms with Crippen molar-refractivity contribution in [3.63, 3.8) is 0 Å². The van der Waals surface area contributed by atoms with Gasteiger partial charge in [-0.15, -0.1) is 0 Å². The second kappa shape index (κ2) is 7.10. The maximum atomic E-state index is 12.9. The van der Waals surface area contributed by atoms with Crippen LogP contribution in [0.4, 0.5) is 0 Å². The van der Waals surface area contributed by atoms with E-state index in [1.165, 1.54) is 19.3 Å². The third-order valence-corrected chi connectivity index (χ3v) is 13.5. The molecule has 0 amide bonds. The Kier molecular flexibility index (Phi) is 5.13. The lowest BCUT2D eigenvalue weighted by atomic mass is 9.32. The van der Waals surface area contributed by atoms with Gasteiger partial charge >= 0.3 is 5.97 Å². The zero-order valence-electron chi connectivity index (χ0n) is 22.3. The average molecular weight is 457 g/mol. The number of hydrogen-bond donors (Lipinski definition) is 1. The van der Waals surface area contributed by atoms with E-state index in [0.29, 0.717) is 41.3 Å². The van der Waals surface area contributed by atoms with Gasteiger partial charge in [-0.1, -0.05) is 48.5 Å². The van der Waals surface area contributed by atoms with E-state index in [4.69, 9.17) is 0 Å². The lowest BCUT2D eigenvalue weighted by molar-refractivity contribution is -0.237. The monoisotopic (exact) mass is 456 g/mol. The van der Waals surface area contributed by atoms with Gasteiger partial charge in [0, 0.05) is 11.8 Å². The molecule has 0 aromatic heterocycles. The molecule has 1 N–H and O–H groups in total. The Morgan fingerprint density at radius 1 is 0.848 bits per heavy atom. The molecule has 0 saturated heterocycles. The number of hydrogen-bond acceptors (Lipinski definition) is 2. The molecule has 186 valence electrons. The topological polar surface area (TPSA) is 54.4 Å². The van der Waals surface area contributed by atoms with Crippen LogP contribution in [0.3, 0.4) is 0 Å². The molecule has 9 atom stereocenters. The van der Waals surface area contributed by atoms with Crippen LogP contribution in [-0.2, 0) is 9.59 Å². The third-order valence-electron chi connectivity index (χ3n) is 13.5. The molecule has 0 heterocycles. The van der Waals surface area contributed by atoms with Gasteiger partial charge in [0.2, 0.25) is 0 Å². The molecule has 4 unspecified atom stereocenters. The molecule has 3 nitrogen and oxygen atoms in total. The van der Waals surface area contributed by atoms with Crippen LogP contribution < -0.4 is 0 Å². The van der Waals surface area contributed by atoms with Gasteiger partial charge in [-0.3, -0.25) is 9.59 Å². The quantitative estimate of drug-likeness (QED) is 0.471. The summed E-state index contributed by atoms with van der Waals surface area (Å²) in [5, 5.41) is 10.5. The number of carbonyl (C=O) groups excluding carboxylic acids is 1. The zero-order chi connectivity index (χ0) is 24.2. The van der Waals surface area contributed by atoms with Gasteiger partial charge in [0.25, 0.3) is 0 Å². The molecule has 0 radical (unpaired) electrons. The van der Waals surface area contributed by atoms with E-state index in [-0.39, 0.29) is 21.7 Å². The van der Waals surface area contributed by atoms with Crippen molar-refractivity contribution in [1.29, 1.82) is 0 Å². The molecular weight excluding hydrogens is 408 g/mol. The Labute approximate surface area is 201 Å². The first-order valence-electron chi connectivity index (χ1n) is 14.0. The Hall–Kier alpha value is -0.860. The SMILES string of the molecule is CC(C)[C@@H]1CC[C@]2(C(=O)O)CC[C@]3(C)C(CCC4[C@@]5(C)CCC(=O)C(C)(C)C5CC[C@]43C)C12. The smallest absolute Gasteiger partial charge is 0.309 e. The number of carbonyl (C=O) groups is 2. The summed E-state index contributed by atoms with van der Waals surface area (Å²) in [6.07, 6.45) is 10.5. The van der Waals surface area contributed by atoms with Crippen LogP contribution in [-0.4, -0.2) is 16.9 Å². The van der Waals surface area contributed by atoms with Crippen molar-refractivity contribution in [2.45, 2.75) is 113 Å². The van der Waals surface area contributed by atoms with Gasteiger partial charge in [-0.25, -0.2) is 0 Å². The van der Waals surface area contributed by atoms with Crippen LogP contribution in [0.25, 0.3) is 0 Å². The van der Waals surface area contributed by atoms with Gasteiger partial charge in [0.15, 0.2) is 0 Å². The lowest BCUT2D eigenvalue weighted by Crippen LogP contribution is -2.66. The summed E-state index contributed by atoms with van der Waals surface area (Å²) in [5.41, 5.74) is -0.0101. The highest BCUT2D eigenvalue weighted by atomic mass is 16.4. The summed E-state index contributed by atoms with van der Waals surface area (Å²) >= 11 is 0. The Morgan fingerprint density at radius 2 is 1.55 bits per heavy atom. The van der Waals surface area contributed by atoms with Gasteiger partial charge in [-0.05, 0) is 110 Å². The predicted molar refractivity (Wildman–Crippen MR) is 132 cm³/mol. The van der Waals surface area contributed by atoms with Gasteiger partial charge in [0.05, 0.1) is 5.41 Å². The lowest BCUT2D eigenvalue weighted by Gasteiger charge is -2.72. The van der Waals surface area contributed by atoms with Crippen molar-refractivity contribution in [1.82, 2.24) is 0 Å². The summed E-state index contributed by atoms with van der Waals surface area (Å²) in [7, 11) is 0. The number of carboxylic acids is 1. The van der Waals surface area contributed by atoms with E-state index in [1.807, 2.05) is 0 Å². The molecule has 5 rings (SSSR count). The van der Waals surface area contributed by atoms with Gasteiger partial charge in [-0.2, -0.15) is 0 Å².